The molecule has 0 saturated carbocycles. The summed E-state index contributed by atoms with van der Waals surface area (Å²) in [4.78, 5) is 14.2. The number of amides is 1. The van der Waals surface area contributed by atoms with Gasteiger partial charge < -0.3 is 10.2 Å². The minimum atomic E-state index is -0.457. The largest absolute Gasteiger partial charge is 0.371 e. The van der Waals surface area contributed by atoms with Gasteiger partial charge in [-0.2, -0.15) is 0 Å². The van der Waals surface area contributed by atoms with Crippen LogP contribution in [0.2, 0.25) is 5.02 Å². The van der Waals surface area contributed by atoms with Gasteiger partial charge in [0.15, 0.2) is 0 Å². The summed E-state index contributed by atoms with van der Waals surface area (Å²) in [5, 5.41) is 3.37. The molecule has 1 atom stereocenters. The van der Waals surface area contributed by atoms with E-state index in [2.05, 4.69) is 5.32 Å². The fourth-order valence-electron chi connectivity index (χ4n) is 2.47. The standard InChI is InChI=1S/C15H20ClFN2O/c1-11(15(20)19-8-4-2-3-5-9-19)18-14-10-12(16)6-7-13(14)17/h6-7,10-11,18H,2-5,8-9H2,1H3. The first-order valence-corrected chi connectivity index (χ1v) is 7.46. The summed E-state index contributed by atoms with van der Waals surface area (Å²) >= 11 is 5.85. The number of benzene rings is 1. The van der Waals surface area contributed by atoms with Crippen molar-refractivity contribution in [3.05, 3.63) is 29.0 Å². The van der Waals surface area contributed by atoms with Crippen molar-refractivity contribution in [2.75, 3.05) is 18.4 Å². The molecule has 1 aliphatic heterocycles. The molecule has 2 rings (SSSR count). The summed E-state index contributed by atoms with van der Waals surface area (Å²) < 4.78 is 13.7. The summed E-state index contributed by atoms with van der Waals surface area (Å²) in [5.41, 5.74) is 0.271. The van der Waals surface area contributed by atoms with Gasteiger partial charge in [-0.3, -0.25) is 4.79 Å². The van der Waals surface area contributed by atoms with Gasteiger partial charge in [0.1, 0.15) is 11.9 Å². The lowest BCUT2D eigenvalue weighted by Crippen LogP contribution is -2.42. The zero-order valence-corrected chi connectivity index (χ0v) is 12.4. The second-order valence-corrected chi connectivity index (χ2v) is 5.67. The molecule has 1 aromatic carbocycles. The van der Waals surface area contributed by atoms with Crippen LogP contribution in [0.5, 0.6) is 0 Å². The number of carbonyl (C=O) groups is 1. The Balaban J connectivity index is 2.01. The van der Waals surface area contributed by atoms with E-state index in [-0.39, 0.29) is 11.6 Å². The highest BCUT2D eigenvalue weighted by Crippen LogP contribution is 2.21. The van der Waals surface area contributed by atoms with Crippen LogP contribution in [0.4, 0.5) is 10.1 Å². The van der Waals surface area contributed by atoms with E-state index in [1.54, 1.807) is 6.92 Å². The van der Waals surface area contributed by atoms with E-state index in [9.17, 15) is 9.18 Å². The van der Waals surface area contributed by atoms with E-state index < -0.39 is 11.9 Å². The molecule has 1 unspecified atom stereocenters. The van der Waals surface area contributed by atoms with Gasteiger partial charge in [-0.1, -0.05) is 24.4 Å². The predicted molar refractivity (Wildman–Crippen MR) is 79.5 cm³/mol. The Hall–Kier alpha value is -1.29. The smallest absolute Gasteiger partial charge is 0.244 e. The molecule has 1 saturated heterocycles. The van der Waals surface area contributed by atoms with Gasteiger partial charge >= 0.3 is 0 Å². The molecule has 0 aromatic heterocycles. The summed E-state index contributed by atoms with van der Waals surface area (Å²) in [6.07, 6.45) is 4.44. The lowest BCUT2D eigenvalue weighted by Gasteiger charge is -2.25. The monoisotopic (exact) mass is 298 g/mol. The number of nitrogens with zero attached hydrogens (tertiary/aromatic N) is 1. The van der Waals surface area contributed by atoms with Crippen molar-refractivity contribution in [1.29, 1.82) is 0 Å². The molecule has 0 aliphatic carbocycles. The topological polar surface area (TPSA) is 32.3 Å². The Morgan fingerprint density at radius 3 is 2.60 bits per heavy atom. The van der Waals surface area contributed by atoms with Crippen LogP contribution in [0.25, 0.3) is 0 Å². The van der Waals surface area contributed by atoms with Crippen LogP contribution in [-0.4, -0.2) is 29.9 Å². The Bertz CT molecular complexity index is 473. The molecule has 20 heavy (non-hydrogen) atoms. The lowest BCUT2D eigenvalue weighted by atomic mass is 10.2. The summed E-state index contributed by atoms with van der Waals surface area (Å²) in [6.45, 7) is 3.35. The Kier molecular flexibility index (Phi) is 5.24. The molecule has 1 N–H and O–H groups in total. The average molecular weight is 299 g/mol. The molecular weight excluding hydrogens is 279 g/mol. The van der Waals surface area contributed by atoms with E-state index in [0.29, 0.717) is 5.02 Å². The molecule has 1 amide bonds. The number of rotatable bonds is 3. The highest BCUT2D eigenvalue weighted by atomic mass is 35.5. The van der Waals surface area contributed by atoms with Crippen molar-refractivity contribution in [1.82, 2.24) is 4.90 Å². The Morgan fingerprint density at radius 2 is 1.95 bits per heavy atom. The van der Waals surface area contributed by atoms with Crippen LogP contribution in [0.15, 0.2) is 18.2 Å². The number of hydrogen-bond donors (Lipinski definition) is 1. The zero-order chi connectivity index (χ0) is 14.5. The van der Waals surface area contributed by atoms with Crippen molar-refractivity contribution in [3.8, 4) is 0 Å². The third kappa shape index (κ3) is 3.85. The Morgan fingerprint density at radius 1 is 1.30 bits per heavy atom. The van der Waals surface area contributed by atoms with E-state index in [1.807, 2.05) is 4.90 Å². The maximum Gasteiger partial charge on any atom is 0.244 e. The molecule has 1 fully saturated rings. The van der Waals surface area contributed by atoms with Gasteiger partial charge in [0.2, 0.25) is 5.91 Å². The fraction of sp³-hybridized carbons (Fsp3) is 0.533. The van der Waals surface area contributed by atoms with Crippen molar-refractivity contribution in [2.45, 2.75) is 38.6 Å². The number of likely N-dealkylation sites (tertiary alicyclic amines) is 1. The molecule has 1 aromatic rings. The SMILES string of the molecule is CC(Nc1cc(Cl)ccc1F)C(=O)N1CCCCCC1. The molecule has 0 bridgehead atoms. The number of halogens is 2. The summed E-state index contributed by atoms with van der Waals surface area (Å²) in [7, 11) is 0. The van der Waals surface area contributed by atoms with Crippen LogP contribution in [0.3, 0.4) is 0 Å². The quantitative estimate of drug-likeness (QED) is 0.923. The second kappa shape index (κ2) is 6.93. The number of nitrogens with one attached hydrogen (secondary N) is 1. The van der Waals surface area contributed by atoms with E-state index in [1.165, 1.54) is 31.0 Å². The Labute approximate surface area is 124 Å². The number of anilines is 1. The van der Waals surface area contributed by atoms with Crippen molar-refractivity contribution in [3.63, 3.8) is 0 Å². The predicted octanol–water partition coefficient (Wildman–Crippen LogP) is 3.68. The molecule has 110 valence electrons. The normalized spacial score (nSPS) is 17.4. The van der Waals surface area contributed by atoms with E-state index in [4.69, 9.17) is 11.6 Å². The third-order valence-corrected chi connectivity index (χ3v) is 3.82. The molecule has 1 heterocycles. The van der Waals surface area contributed by atoms with Gasteiger partial charge in [-0.15, -0.1) is 0 Å². The van der Waals surface area contributed by atoms with Crippen LogP contribution in [-0.2, 0) is 4.79 Å². The third-order valence-electron chi connectivity index (χ3n) is 3.59. The van der Waals surface area contributed by atoms with Crippen molar-refractivity contribution < 1.29 is 9.18 Å². The second-order valence-electron chi connectivity index (χ2n) is 5.23. The van der Waals surface area contributed by atoms with Crippen molar-refractivity contribution in [2.24, 2.45) is 0 Å². The minimum Gasteiger partial charge on any atom is -0.371 e. The molecule has 1 aliphatic rings. The van der Waals surface area contributed by atoms with Gasteiger partial charge in [-0.05, 0) is 38.0 Å². The fourth-order valence-corrected chi connectivity index (χ4v) is 2.64. The van der Waals surface area contributed by atoms with Crippen LogP contribution in [0.1, 0.15) is 32.6 Å². The summed E-state index contributed by atoms with van der Waals surface area (Å²) in [6, 6.07) is 3.83. The first kappa shape index (κ1) is 15.1. The van der Waals surface area contributed by atoms with E-state index >= 15 is 0 Å². The molecule has 0 radical (unpaired) electrons. The summed E-state index contributed by atoms with van der Waals surface area (Å²) in [5.74, 6) is -0.379. The minimum absolute atomic E-state index is 0.0197. The van der Waals surface area contributed by atoms with Gasteiger partial charge in [0.25, 0.3) is 0 Å². The molecule has 3 nitrogen and oxygen atoms in total. The van der Waals surface area contributed by atoms with Crippen molar-refractivity contribution >= 4 is 23.2 Å². The van der Waals surface area contributed by atoms with Crippen LogP contribution >= 0.6 is 11.6 Å². The number of carbonyl (C=O) groups excluding carboxylic acids is 1. The highest BCUT2D eigenvalue weighted by molar-refractivity contribution is 6.30. The highest BCUT2D eigenvalue weighted by Gasteiger charge is 2.22. The van der Waals surface area contributed by atoms with Gasteiger partial charge in [0.05, 0.1) is 5.69 Å². The maximum atomic E-state index is 13.7. The maximum absolute atomic E-state index is 13.7. The van der Waals surface area contributed by atoms with Gasteiger partial charge in [0, 0.05) is 18.1 Å². The zero-order valence-electron chi connectivity index (χ0n) is 11.7. The number of hydrogen-bond acceptors (Lipinski definition) is 2. The molecule has 0 spiro atoms. The molecule has 5 heteroatoms. The first-order chi connectivity index (χ1) is 9.58. The van der Waals surface area contributed by atoms with Crippen LogP contribution in [0, 0.1) is 5.82 Å². The average Bonchev–Trinajstić information content (AvgIpc) is 2.71. The first-order valence-electron chi connectivity index (χ1n) is 7.08. The lowest BCUT2D eigenvalue weighted by molar-refractivity contribution is -0.131. The molecular formula is C15H20ClFN2O. The van der Waals surface area contributed by atoms with Crippen LogP contribution < -0.4 is 5.32 Å². The van der Waals surface area contributed by atoms with Gasteiger partial charge in [-0.25, -0.2) is 4.39 Å². The van der Waals surface area contributed by atoms with E-state index in [0.717, 1.165) is 25.9 Å².